The lowest BCUT2D eigenvalue weighted by Crippen LogP contribution is -2.14. The molecule has 3 aromatic rings. The molecule has 2 nitrogen and oxygen atoms in total. The van der Waals surface area contributed by atoms with Crippen molar-refractivity contribution in [2.45, 2.75) is 50.6 Å². The highest BCUT2D eigenvalue weighted by Crippen LogP contribution is 2.25. The third kappa shape index (κ3) is 6.18. The Hall–Kier alpha value is -2.19. The quantitative estimate of drug-likeness (QED) is 0.225. The first-order chi connectivity index (χ1) is 13.0. The van der Waals surface area contributed by atoms with Crippen molar-refractivity contribution >= 4 is 22.4 Å². The fourth-order valence-electron chi connectivity index (χ4n) is 3.11. The molecule has 27 heavy (non-hydrogen) atoms. The van der Waals surface area contributed by atoms with Gasteiger partial charge in [0.05, 0.1) is 6.04 Å². The molecular weight excluding hydrogens is 352 g/mol. The number of rotatable bonds is 8. The summed E-state index contributed by atoms with van der Waals surface area (Å²) in [6.45, 7) is 4.05. The zero-order valence-electron chi connectivity index (χ0n) is 16.1. The van der Waals surface area contributed by atoms with Gasteiger partial charge in [0.15, 0.2) is 5.00 Å². The number of halogens is 1. The van der Waals surface area contributed by atoms with E-state index in [4.69, 9.17) is 11.6 Å². The van der Waals surface area contributed by atoms with E-state index in [9.17, 15) is 0 Å². The normalized spacial score (nSPS) is 15.1. The lowest BCUT2D eigenvalue weighted by molar-refractivity contribution is 0.527. The van der Waals surface area contributed by atoms with Crippen molar-refractivity contribution in [1.82, 2.24) is 0 Å². The largest absolute Gasteiger partial charge is 0.189 e. The molecule has 0 aliphatic rings. The summed E-state index contributed by atoms with van der Waals surface area (Å²) in [5.41, 5.74) is 2.62. The van der Waals surface area contributed by atoms with Gasteiger partial charge in [-0.2, -0.15) is 10.2 Å². The van der Waals surface area contributed by atoms with E-state index in [0.29, 0.717) is 0 Å². The van der Waals surface area contributed by atoms with Crippen LogP contribution in [0.5, 0.6) is 0 Å². The van der Waals surface area contributed by atoms with Crippen LogP contribution in [0.3, 0.4) is 0 Å². The average Bonchev–Trinajstić information content (AvgIpc) is 2.70. The third-order valence-electron chi connectivity index (χ3n) is 4.84. The number of hydrogen-bond donors (Lipinski definition) is 0. The Balaban J connectivity index is 1.50. The molecule has 0 heterocycles. The van der Waals surface area contributed by atoms with Gasteiger partial charge < -0.3 is 0 Å². The van der Waals surface area contributed by atoms with Gasteiger partial charge in [0.2, 0.25) is 0 Å². The Morgan fingerprint density at radius 1 is 0.852 bits per heavy atom. The van der Waals surface area contributed by atoms with Crippen LogP contribution in [0.15, 0.2) is 83.0 Å². The second-order valence-electron chi connectivity index (χ2n) is 7.41. The minimum absolute atomic E-state index is 0.159. The molecule has 0 N–H and O–H groups in total. The van der Waals surface area contributed by atoms with Crippen molar-refractivity contribution in [3.8, 4) is 0 Å². The van der Waals surface area contributed by atoms with Gasteiger partial charge in [-0.1, -0.05) is 84.4 Å². The van der Waals surface area contributed by atoms with Crippen molar-refractivity contribution in [2.75, 3.05) is 0 Å². The molecule has 0 radical (unpaired) electrons. The zero-order valence-corrected chi connectivity index (χ0v) is 16.9. The van der Waals surface area contributed by atoms with Crippen molar-refractivity contribution in [3.63, 3.8) is 0 Å². The van der Waals surface area contributed by atoms with Gasteiger partial charge in [-0.15, -0.1) is 0 Å². The summed E-state index contributed by atoms with van der Waals surface area (Å²) in [6.07, 6.45) is 3.65. The summed E-state index contributed by atoms with van der Waals surface area (Å²) in [6, 6.07) is 25.7. The number of aryl methyl sites for hydroxylation is 2. The fraction of sp³-hybridized carbons (Fsp3) is 0.333. The van der Waals surface area contributed by atoms with E-state index in [2.05, 4.69) is 83.9 Å². The van der Waals surface area contributed by atoms with Crippen LogP contribution in [0.2, 0.25) is 0 Å². The molecule has 140 valence electrons. The summed E-state index contributed by atoms with van der Waals surface area (Å²) < 4.78 is 0. The molecule has 2 atom stereocenters. The maximum atomic E-state index is 6.55. The summed E-state index contributed by atoms with van der Waals surface area (Å²) in [5, 5.41) is 11.5. The minimum Gasteiger partial charge on any atom is -0.189 e. The number of benzene rings is 3. The van der Waals surface area contributed by atoms with E-state index < -0.39 is 5.00 Å². The molecule has 0 spiro atoms. The van der Waals surface area contributed by atoms with Crippen LogP contribution in [-0.4, -0.2) is 11.0 Å². The molecule has 0 amide bonds. The molecule has 0 saturated heterocycles. The number of fused-ring (bicyclic) bond motifs is 1. The zero-order chi connectivity index (χ0) is 19.1. The first kappa shape index (κ1) is 19.6. The van der Waals surface area contributed by atoms with Crippen molar-refractivity contribution < 1.29 is 0 Å². The average molecular weight is 379 g/mol. The maximum Gasteiger partial charge on any atom is 0.152 e. The van der Waals surface area contributed by atoms with E-state index in [0.717, 1.165) is 25.7 Å². The molecule has 0 aliphatic heterocycles. The Morgan fingerprint density at radius 2 is 1.56 bits per heavy atom. The van der Waals surface area contributed by atoms with Gasteiger partial charge in [0.25, 0.3) is 0 Å². The highest BCUT2D eigenvalue weighted by Gasteiger charge is 2.20. The summed E-state index contributed by atoms with van der Waals surface area (Å²) in [4.78, 5) is -0.646. The van der Waals surface area contributed by atoms with E-state index in [1.165, 1.54) is 21.9 Å². The van der Waals surface area contributed by atoms with Crippen molar-refractivity contribution in [1.29, 1.82) is 0 Å². The fourth-order valence-corrected chi connectivity index (χ4v) is 3.25. The van der Waals surface area contributed by atoms with Crippen LogP contribution in [0, 0.1) is 0 Å². The van der Waals surface area contributed by atoms with Crippen molar-refractivity contribution in [2.24, 2.45) is 10.2 Å². The van der Waals surface area contributed by atoms with Gasteiger partial charge >= 0.3 is 0 Å². The Bertz CT molecular complexity index is 887. The molecule has 3 rings (SSSR count). The van der Waals surface area contributed by atoms with Gasteiger partial charge in [-0.05, 0) is 61.4 Å². The predicted octanol–water partition coefficient (Wildman–Crippen LogP) is 7.20. The van der Waals surface area contributed by atoms with Crippen molar-refractivity contribution in [3.05, 3.63) is 83.9 Å². The Kier molecular flexibility index (Phi) is 6.63. The second kappa shape index (κ2) is 9.14. The number of hydrogen-bond acceptors (Lipinski definition) is 2. The van der Waals surface area contributed by atoms with Crippen LogP contribution < -0.4 is 0 Å². The molecule has 2 unspecified atom stereocenters. The summed E-state index contributed by atoms with van der Waals surface area (Å²) in [7, 11) is 0. The molecule has 0 bridgehead atoms. The molecule has 0 saturated carbocycles. The first-order valence-corrected chi connectivity index (χ1v) is 10.0. The maximum absolute atomic E-state index is 6.55. The molecule has 0 aromatic heterocycles. The smallest absolute Gasteiger partial charge is 0.152 e. The predicted molar refractivity (Wildman–Crippen MR) is 116 cm³/mol. The summed E-state index contributed by atoms with van der Waals surface area (Å²) in [5.74, 6) is 0. The van der Waals surface area contributed by atoms with Crippen LogP contribution in [0.1, 0.15) is 37.8 Å². The lowest BCUT2D eigenvalue weighted by atomic mass is 10.0. The number of alkyl halides is 1. The van der Waals surface area contributed by atoms with Gasteiger partial charge in [0.1, 0.15) is 0 Å². The van der Waals surface area contributed by atoms with Crippen LogP contribution in [0.25, 0.3) is 10.8 Å². The van der Waals surface area contributed by atoms with E-state index >= 15 is 0 Å². The first-order valence-electron chi connectivity index (χ1n) is 9.64. The molecule has 3 heteroatoms. The van der Waals surface area contributed by atoms with Crippen LogP contribution in [0.4, 0.5) is 0 Å². The topological polar surface area (TPSA) is 24.7 Å². The standard InChI is InChI=1S/C24H27ClN2/c1-19(12-13-21-14-15-22-10-6-7-11-23(22)18-21)26-27-24(2,25)17-16-20-8-4-3-5-9-20/h3-11,14-15,18-19H,12-13,16-17H2,1-2H3/b27-26+. The molecule has 0 aliphatic carbocycles. The monoisotopic (exact) mass is 378 g/mol. The van der Waals surface area contributed by atoms with E-state index in [1.807, 2.05) is 13.0 Å². The molecule has 0 fully saturated rings. The third-order valence-corrected chi connectivity index (χ3v) is 5.11. The number of nitrogens with zero attached hydrogens (tertiary/aromatic N) is 2. The minimum atomic E-state index is -0.646. The highest BCUT2D eigenvalue weighted by molar-refractivity contribution is 6.23. The van der Waals surface area contributed by atoms with Crippen LogP contribution >= 0.6 is 11.6 Å². The van der Waals surface area contributed by atoms with E-state index in [1.54, 1.807) is 0 Å². The highest BCUT2D eigenvalue weighted by atomic mass is 35.5. The summed E-state index contributed by atoms with van der Waals surface area (Å²) >= 11 is 6.55. The van der Waals surface area contributed by atoms with Gasteiger partial charge in [0, 0.05) is 0 Å². The lowest BCUT2D eigenvalue weighted by Gasteiger charge is -2.16. The second-order valence-corrected chi connectivity index (χ2v) is 8.23. The number of azo groups is 1. The molecule has 3 aromatic carbocycles. The Morgan fingerprint density at radius 3 is 2.33 bits per heavy atom. The SMILES string of the molecule is CC(CCc1ccc2ccccc2c1)/N=N/C(C)(Cl)CCc1ccccc1. The molecular formula is C24H27ClN2. The Labute approximate surface area is 167 Å². The van der Waals surface area contributed by atoms with E-state index in [-0.39, 0.29) is 6.04 Å². The van der Waals surface area contributed by atoms with Gasteiger partial charge in [-0.3, -0.25) is 0 Å². The van der Waals surface area contributed by atoms with Crippen LogP contribution in [-0.2, 0) is 12.8 Å². The van der Waals surface area contributed by atoms with Gasteiger partial charge in [-0.25, -0.2) is 0 Å².